The van der Waals surface area contributed by atoms with Crippen LogP contribution < -0.4 is 18.9 Å². The van der Waals surface area contributed by atoms with Crippen LogP contribution in [0.4, 0.5) is 5.69 Å². The summed E-state index contributed by atoms with van der Waals surface area (Å²) < 4.78 is 25.0. The van der Waals surface area contributed by atoms with Crippen molar-refractivity contribution >= 4 is 5.69 Å². The van der Waals surface area contributed by atoms with Crippen LogP contribution in [0.1, 0.15) is 5.56 Å². The van der Waals surface area contributed by atoms with Crippen molar-refractivity contribution in [1.29, 1.82) is 0 Å². The van der Waals surface area contributed by atoms with E-state index >= 15 is 0 Å². The Morgan fingerprint density at radius 3 is 1.88 bits per heavy atom. The van der Waals surface area contributed by atoms with Crippen molar-refractivity contribution < 1.29 is 23.9 Å². The van der Waals surface area contributed by atoms with Gasteiger partial charge in [-0.3, -0.25) is 10.1 Å². The SMILES string of the molecule is COc1ccc(-c2c(-c3ccc([N+](=O)[O-])cc3)c(-c3ccccc3)n3c2-c2cc(OC)c(OC)cc2CC3)cc1OC. The van der Waals surface area contributed by atoms with E-state index in [0.717, 1.165) is 63.3 Å². The second kappa shape index (κ2) is 11.0. The summed E-state index contributed by atoms with van der Waals surface area (Å²) in [6.07, 6.45) is 0.794. The highest BCUT2D eigenvalue weighted by Crippen LogP contribution is 2.53. The lowest BCUT2D eigenvalue weighted by atomic mass is 9.89. The fraction of sp³-hybridized carbons (Fsp3) is 0.176. The Morgan fingerprint density at radius 1 is 0.643 bits per heavy atom. The third-order valence-electron chi connectivity index (χ3n) is 7.82. The topological polar surface area (TPSA) is 85.0 Å². The third-order valence-corrected chi connectivity index (χ3v) is 7.82. The molecule has 0 fully saturated rings. The highest BCUT2D eigenvalue weighted by molar-refractivity contribution is 6.03. The molecule has 0 aliphatic carbocycles. The van der Waals surface area contributed by atoms with Gasteiger partial charge in [0.25, 0.3) is 5.69 Å². The van der Waals surface area contributed by atoms with Crippen LogP contribution in [0, 0.1) is 10.1 Å². The van der Waals surface area contributed by atoms with Crippen LogP contribution in [0.2, 0.25) is 0 Å². The highest BCUT2D eigenvalue weighted by Gasteiger charge is 2.32. The van der Waals surface area contributed by atoms with Gasteiger partial charge in [0.05, 0.1) is 44.8 Å². The summed E-state index contributed by atoms with van der Waals surface area (Å²) in [6, 6.07) is 27.0. The van der Waals surface area contributed by atoms with Crippen molar-refractivity contribution in [3.63, 3.8) is 0 Å². The third kappa shape index (κ3) is 4.41. The van der Waals surface area contributed by atoms with Crippen LogP contribution in [0.25, 0.3) is 44.8 Å². The minimum atomic E-state index is -0.377. The van der Waals surface area contributed by atoms with Crippen molar-refractivity contribution in [2.75, 3.05) is 28.4 Å². The number of aromatic nitrogens is 1. The molecule has 8 heteroatoms. The Kier molecular flexibility index (Phi) is 7.04. The number of rotatable bonds is 8. The number of nitro benzene ring substituents is 1. The molecule has 0 unspecified atom stereocenters. The van der Waals surface area contributed by atoms with E-state index in [9.17, 15) is 10.1 Å². The van der Waals surface area contributed by atoms with Gasteiger partial charge in [0.2, 0.25) is 0 Å². The van der Waals surface area contributed by atoms with Crippen molar-refractivity contribution in [2.24, 2.45) is 0 Å². The Labute approximate surface area is 243 Å². The maximum atomic E-state index is 11.5. The number of methoxy groups -OCH3 is 4. The molecule has 0 radical (unpaired) electrons. The molecule has 0 N–H and O–H groups in total. The normalized spacial score (nSPS) is 11.8. The quantitative estimate of drug-likeness (QED) is 0.143. The van der Waals surface area contributed by atoms with Crippen LogP contribution in [0.15, 0.2) is 84.9 Å². The van der Waals surface area contributed by atoms with Gasteiger partial charge in [0.1, 0.15) is 0 Å². The van der Waals surface area contributed by atoms with E-state index in [1.54, 1.807) is 40.6 Å². The van der Waals surface area contributed by atoms with Gasteiger partial charge in [0.15, 0.2) is 23.0 Å². The molecule has 42 heavy (non-hydrogen) atoms. The second-order valence-electron chi connectivity index (χ2n) is 9.95. The zero-order chi connectivity index (χ0) is 29.4. The lowest BCUT2D eigenvalue weighted by molar-refractivity contribution is -0.384. The Morgan fingerprint density at radius 2 is 1.24 bits per heavy atom. The molecule has 1 aliphatic rings. The van der Waals surface area contributed by atoms with Crippen LogP contribution in [0.5, 0.6) is 23.0 Å². The molecule has 0 bridgehead atoms. The monoisotopic (exact) mass is 562 g/mol. The van der Waals surface area contributed by atoms with Gasteiger partial charge in [-0.1, -0.05) is 36.4 Å². The summed E-state index contributed by atoms with van der Waals surface area (Å²) in [5.74, 6) is 2.56. The number of fused-ring (bicyclic) bond motifs is 3. The van der Waals surface area contributed by atoms with Gasteiger partial charge >= 0.3 is 0 Å². The summed E-state index contributed by atoms with van der Waals surface area (Å²) in [7, 11) is 6.52. The van der Waals surface area contributed by atoms with E-state index in [-0.39, 0.29) is 10.6 Å². The summed E-state index contributed by atoms with van der Waals surface area (Å²) in [5, 5.41) is 11.5. The number of hydrogen-bond acceptors (Lipinski definition) is 6. The Balaban J connectivity index is 1.76. The molecular formula is C34H30N2O6. The van der Waals surface area contributed by atoms with Crippen LogP contribution in [-0.2, 0) is 13.0 Å². The van der Waals surface area contributed by atoms with Gasteiger partial charge < -0.3 is 23.5 Å². The zero-order valence-electron chi connectivity index (χ0n) is 23.8. The second-order valence-corrected chi connectivity index (χ2v) is 9.95. The first kappa shape index (κ1) is 27.0. The molecule has 0 atom stereocenters. The molecule has 0 amide bonds. The average molecular weight is 563 g/mol. The highest BCUT2D eigenvalue weighted by atomic mass is 16.6. The summed E-state index contributed by atoms with van der Waals surface area (Å²) in [5.41, 5.74) is 9.08. The molecule has 212 valence electrons. The van der Waals surface area contributed by atoms with E-state index in [4.69, 9.17) is 18.9 Å². The van der Waals surface area contributed by atoms with Crippen molar-refractivity contribution in [3.05, 3.63) is 101 Å². The number of non-ortho nitro benzene ring substituents is 1. The predicted octanol–water partition coefficient (Wildman–Crippen LogP) is 7.65. The molecule has 1 aliphatic heterocycles. The first-order valence-electron chi connectivity index (χ1n) is 13.5. The summed E-state index contributed by atoms with van der Waals surface area (Å²) >= 11 is 0. The molecule has 0 saturated heterocycles. The lowest BCUT2D eigenvalue weighted by Crippen LogP contribution is -2.12. The van der Waals surface area contributed by atoms with Gasteiger partial charge in [0, 0.05) is 35.4 Å². The fourth-order valence-corrected chi connectivity index (χ4v) is 5.90. The first-order valence-corrected chi connectivity index (χ1v) is 13.5. The first-order chi connectivity index (χ1) is 20.5. The van der Waals surface area contributed by atoms with Gasteiger partial charge in [-0.25, -0.2) is 0 Å². The van der Waals surface area contributed by atoms with E-state index in [1.807, 2.05) is 54.6 Å². The molecule has 2 heterocycles. The number of benzene rings is 4. The maximum absolute atomic E-state index is 11.5. The lowest BCUT2D eigenvalue weighted by Gasteiger charge is -2.24. The fourth-order valence-electron chi connectivity index (χ4n) is 5.90. The number of ether oxygens (including phenoxy) is 4. The molecule has 0 spiro atoms. The summed E-state index contributed by atoms with van der Waals surface area (Å²) in [4.78, 5) is 11.1. The average Bonchev–Trinajstić information content (AvgIpc) is 3.39. The number of nitrogens with zero attached hydrogens (tertiary/aromatic N) is 2. The van der Waals surface area contributed by atoms with Gasteiger partial charge in [-0.2, -0.15) is 0 Å². The van der Waals surface area contributed by atoms with Crippen molar-refractivity contribution in [3.8, 4) is 67.8 Å². The molecule has 5 aromatic rings. The molecule has 6 rings (SSSR count). The smallest absolute Gasteiger partial charge is 0.269 e. The Hall–Kier alpha value is -5.24. The van der Waals surface area contributed by atoms with E-state index in [0.29, 0.717) is 23.0 Å². The van der Waals surface area contributed by atoms with Crippen molar-refractivity contribution in [1.82, 2.24) is 4.57 Å². The van der Waals surface area contributed by atoms with Crippen LogP contribution in [-0.4, -0.2) is 37.9 Å². The minimum absolute atomic E-state index is 0.0406. The standard InChI is InChI=1S/C34H30N2O6/c1-39-27-15-12-24(19-28(27)40-2)32-31(21-10-13-25(14-11-21)36(37)38)33(22-8-6-5-7-9-22)35-17-16-23-18-29(41-3)30(42-4)20-26(23)34(32)35/h5-15,18-20H,16-17H2,1-4H3. The van der Waals surface area contributed by atoms with Crippen LogP contribution >= 0.6 is 0 Å². The molecule has 8 nitrogen and oxygen atoms in total. The number of hydrogen-bond donors (Lipinski definition) is 0. The summed E-state index contributed by atoms with van der Waals surface area (Å²) in [6.45, 7) is 0.731. The Bertz CT molecular complexity index is 1790. The largest absolute Gasteiger partial charge is 0.493 e. The number of nitro groups is 1. The van der Waals surface area contributed by atoms with E-state index < -0.39 is 0 Å². The van der Waals surface area contributed by atoms with Gasteiger partial charge in [-0.05, 0) is 65.1 Å². The van der Waals surface area contributed by atoms with Crippen LogP contribution in [0.3, 0.4) is 0 Å². The maximum Gasteiger partial charge on any atom is 0.269 e. The minimum Gasteiger partial charge on any atom is -0.493 e. The molecule has 0 saturated carbocycles. The van der Waals surface area contributed by atoms with E-state index in [2.05, 4.69) is 22.8 Å². The van der Waals surface area contributed by atoms with E-state index in [1.165, 1.54) is 0 Å². The van der Waals surface area contributed by atoms with Crippen molar-refractivity contribution in [2.45, 2.75) is 13.0 Å². The number of aryl methyl sites for hydroxylation is 1. The molecule has 1 aromatic heterocycles. The predicted molar refractivity (Wildman–Crippen MR) is 163 cm³/mol. The molecule has 4 aromatic carbocycles. The van der Waals surface area contributed by atoms with Gasteiger partial charge in [-0.15, -0.1) is 0 Å². The zero-order valence-corrected chi connectivity index (χ0v) is 23.8. The molecular weight excluding hydrogens is 532 g/mol.